The Bertz CT molecular complexity index is 658. The maximum Gasteiger partial charge on any atom is 0.143 e. The summed E-state index contributed by atoms with van der Waals surface area (Å²) in [6.45, 7) is 4.06. The molecule has 22 heavy (non-hydrogen) atoms. The number of carbonyl (C=O) groups is 1. The molecule has 116 valence electrons. The molecule has 2 aromatic rings. The van der Waals surface area contributed by atoms with Gasteiger partial charge in [0.15, 0.2) is 0 Å². The van der Waals surface area contributed by atoms with Gasteiger partial charge in [-0.05, 0) is 106 Å². The van der Waals surface area contributed by atoms with Crippen molar-refractivity contribution in [1.29, 1.82) is 0 Å². The fourth-order valence-electron chi connectivity index (χ4n) is 2.25. The number of aldehydes is 1. The first kappa shape index (κ1) is 17.7. The molecule has 0 amide bonds. The third-order valence-electron chi connectivity index (χ3n) is 3.17. The zero-order chi connectivity index (χ0) is 16.3. The third-order valence-corrected chi connectivity index (χ3v) is 4.59. The first-order valence-electron chi connectivity index (χ1n) is 6.84. The van der Waals surface area contributed by atoms with Crippen molar-refractivity contribution in [1.82, 2.24) is 0 Å². The van der Waals surface area contributed by atoms with Crippen LogP contribution in [0.15, 0.2) is 30.3 Å². The predicted molar refractivity (Wildman–Crippen MR) is 106 cm³/mol. The molecule has 0 radical (unpaired) electrons. The molecule has 0 fully saturated rings. The Kier molecular flexibility index (Phi) is 6.22. The molecule has 0 aliphatic heterocycles. The Balaban J connectivity index is 2.30. The van der Waals surface area contributed by atoms with E-state index in [1.54, 1.807) is 0 Å². The molecule has 2 rings (SSSR count). The van der Waals surface area contributed by atoms with Crippen LogP contribution < -0.4 is 10.5 Å². The van der Waals surface area contributed by atoms with Crippen molar-refractivity contribution < 1.29 is 9.53 Å². The van der Waals surface area contributed by atoms with E-state index in [4.69, 9.17) is 10.5 Å². The quantitative estimate of drug-likeness (QED) is 0.470. The molecule has 1 atom stereocenters. The van der Waals surface area contributed by atoms with Crippen molar-refractivity contribution in [3.8, 4) is 11.5 Å². The number of aryl methyl sites for hydroxylation is 2. The number of hydrogen-bond donors (Lipinski definition) is 1. The lowest BCUT2D eigenvalue weighted by molar-refractivity contribution is -0.108. The number of rotatable bonds is 5. The molecule has 5 heteroatoms. The highest BCUT2D eigenvalue weighted by Crippen LogP contribution is 2.32. The van der Waals surface area contributed by atoms with Gasteiger partial charge in [0.25, 0.3) is 0 Å². The smallest absolute Gasteiger partial charge is 0.143 e. The first-order chi connectivity index (χ1) is 10.4. The Labute approximate surface area is 157 Å². The Hall–Kier alpha value is -0.670. The highest BCUT2D eigenvalue weighted by Gasteiger charge is 2.11. The van der Waals surface area contributed by atoms with E-state index >= 15 is 0 Å². The van der Waals surface area contributed by atoms with E-state index in [1.165, 1.54) is 5.56 Å². The maximum atomic E-state index is 10.7. The second-order valence-electron chi connectivity index (χ2n) is 5.29. The average molecular weight is 521 g/mol. The zero-order valence-corrected chi connectivity index (χ0v) is 16.7. The highest BCUT2D eigenvalue weighted by molar-refractivity contribution is 14.1. The average Bonchev–Trinajstić information content (AvgIpc) is 2.41. The van der Waals surface area contributed by atoms with E-state index < -0.39 is 6.04 Å². The molecule has 0 saturated heterocycles. The van der Waals surface area contributed by atoms with Crippen LogP contribution in [0.3, 0.4) is 0 Å². The van der Waals surface area contributed by atoms with Crippen LogP contribution >= 0.6 is 45.2 Å². The molecule has 0 spiro atoms. The summed E-state index contributed by atoms with van der Waals surface area (Å²) >= 11 is 4.54. The van der Waals surface area contributed by atoms with Crippen LogP contribution in [-0.4, -0.2) is 12.3 Å². The van der Waals surface area contributed by atoms with Crippen LogP contribution in [0.2, 0.25) is 0 Å². The van der Waals surface area contributed by atoms with E-state index in [9.17, 15) is 4.79 Å². The maximum absolute atomic E-state index is 10.7. The fraction of sp³-hybridized carbons (Fsp3) is 0.235. The summed E-state index contributed by atoms with van der Waals surface area (Å²) in [5.74, 6) is 1.69. The van der Waals surface area contributed by atoms with Gasteiger partial charge in [-0.1, -0.05) is 6.07 Å². The van der Waals surface area contributed by atoms with Crippen molar-refractivity contribution >= 4 is 51.5 Å². The van der Waals surface area contributed by atoms with Gasteiger partial charge in [-0.3, -0.25) is 0 Å². The standard InChI is InChI=1S/C17H17I2NO2/c1-10-3-13(18)8-15(4-10)22-17-11(2)5-12(7-16(17)19)6-14(20)9-21/h3-5,7-9,14H,6,20H2,1-2H3/t14-/m0/s1. The second kappa shape index (κ2) is 7.74. The van der Waals surface area contributed by atoms with E-state index in [-0.39, 0.29) is 0 Å². The number of hydrogen-bond acceptors (Lipinski definition) is 3. The molecule has 2 N–H and O–H groups in total. The van der Waals surface area contributed by atoms with E-state index in [0.717, 1.165) is 36.1 Å². The van der Waals surface area contributed by atoms with Crippen LogP contribution in [0.4, 0.5) is 0 Å². The molecule has 0 aliphatic rings. The van der Waals surface area contributed by atoms with Gasteiger partial charge in [0.2, 0.25) is 0 Å². The number of nitrogens with two attached hydrogens (primary N) is 1. The number of halogens is 2. The van der Waals surface area contributed by atoms with Gasteiger partial charge < -0.3 is 15.3 Å². The lowest BCUT2D eigenvalue weighted by Gasteiger charge is -2.14. The lowest BCUT2D eigenvalue weighted by Crippen LogP contribution is -2.24. The van der Waals surface area contributed by atoms with Crippen molar-refractivity contribution in [2.45, 2.75) is 26.3 Å². The van der Waals surface area contributed by atoms with Crippen molar-refractivity contribution in [3.63, 3.8) is 0 Å². The van der Waals surface area contributed by atoms with Crippen LogP contribution in [0.5, 0.6) is 11.5 Å². The van der Waals surface area contributed by atoms with Gasteiger partial charge in [0.05, 0.1) is 9.61 Å². The van der Waals surface area contributed by atoms with Gasteiger partial charge in [0, 0.05) is 3.57 Å². The molecule has 0 heterocycles. The van der Waals surface area contributed by atoms with Crippen LogP contribution in [0.1, 0.15) is 16.7 Å². The molecule has 0 aromatic heterocycles. The summed E-state index contributed by atoms with van der Waals surface area (Å²) in [6.07, 6.45) is 1.32. The van der Waals surface area contributed by atoms with Crippen LogP contribution in [0.25, 0.3) is 0 Å². The predicted octanol–water partition coefficient (Wildman–Crippen LogP) is 4.37. The van der Waals surface area contributed by atoms with Gasteiger partial charge >= 0.3 is 0 Å². The summed E-state index contributed by atoms with van der Waals surface area (Å²) in [7, 11) is 0. The summed E-state index contributed by atoms with van der Waals surface area (Å²) in [4.78, 5) is 10.7. The monoisotopic (exact) mass is 521 g/mol. The molecular formula is C17H17I2NO2. The third kappa shape index (κ3) is 4.66. The molecule has 0 unspecified atom stereocenters. The van der Waals surface area contributed by atoms with Gasteiger partial charge in [-0.15, -0.1) is 0 Å². The van der Waals surface area contributed by atoms with E-state index in [2.05, 4.69) is 58.2 Å². The summed E-state index contributed by atoms with van der Waals surface area (Å²) in [5.41, 5.74) is 8.95. The molecule has 2 aromatic carbocycles. The summed E-state index contributed by atoms with van der Waals surface area (Å²) < 4.78 is 8.24. The summed E-state index contributed by atoms with van der Waals surface area (Å²) in [6, 6.07) is 9.73. The fourth-order valence-corrected chi connectivity index (χ4v) is 3.98. The van der Waals surface area contributed by atoms with Crippen molar-refractivity contribution in [3.05, 3.63) is 54.2 Å². The minimum absolute atomic E-state index is 0.458. The SMILES string of the molecule is Cc1cc(I)cc(Oc2c(C)cc(C[C@H](N)C=O)cc2I)c1. The Morgan fingerprint density at radius 2 is 1.91 bits per heavy atom. The van der Waals surface area contributed by atoms with Gasteiger partial charge in [0.1, 0.15) is 17.8 Å². The Morgan fingerprint density at radius 3 is 2.50 bits per heavy atom. The molecular weight excluding hydrogens is 504 g/mol. The number of benzene rings is 2. The molecule has 0 bridgehead atoms. The van der Waals surface area contributed by atoms with E-state index in [1.807, 2.05) is 31.2 Å². The Morgan fingerprint density at radius 1 is 1.18 bits per heavy atom. The highest BCUT2D eigenvalue weighted by atomic mass is 127. The normalized spacial score (nSPS) is 12.0. The van der Waals surface area contributed by atoms with Crippen LogP contribution in [0, 0.1) is 21.0 Å². The van der Waals surface area contributed by atoms with E-state index in [0.29, 0.717) is 6.42 Å². The second-order valence-corrected chi connectivity index (χ2v) is 7.70. The number of carbonyl (C=O) groups excluding carboxylic acids is 1. The van der Waals surface area contributed by atoms with Gasteiger partial charge in [-0.25, -0.2) is 0 Å². The minimum atomic E-state index is -0.458. The zero-order valence-electron chi connectivity index (χ0n) is 12.4. The van der Waals surface area contributed by atoms with Crippen LogP contribution in [-0.2, 0) is 11.2 Å². The molecule has 0 aliphatic carbocycles. The molecule has 3 nitrogen and oxygen atoms in total. The first-order valence-corrected chi connectivity index (χ1v) is 8.99. The van der Waals surface area contributed by atoms with Crippen molar-refractivity contribution in [2.24, 2.45) is 5.73 Å². The van der Waals surface area contributed by atoms with Gasteiger partial charge in [-0.2, -0.15) is 0 Å². The lowest BCUT2D eigenvalue weighted by atomic mass is 10.0. The minimum Gasteiger partial charge on any atom is -0.456 e. The molecule has 0 saturated carbocycles. The topological polar surface area (TPSA) is 52.3 Å². The summed E-state index contributed by atoms with van der Waals surface area (Å²) in [5, 5.41) is 0. The number of ether oxygens (including phenoxy) is 1. The largest absolute Gasteiger partial charge is 0.456 e. The van der Waals surface area contributed by atoms with Crippen molar-refractivity contribution in [2.75, 3.05) is 0 Å².